The van der Waals surface area contributed by atoms with Gasteiger partial charge in [0.1, 0.15) is 0 Å². The fraction of sp³-hybridized carbons (Fsp3) is 0.769. The molecule has 0 aromatic rings. The maximum Gasteiger partial charge on any atom is 0.0472 e. The topological polar surface area (TPSA) is 21.6 Å². The Morgan fingerprint density at radius 3 is 2.13 bits per heavy atom. The highest BCUT2D eigenvalue weighted by Crippen LogP contribution is 2.24. The highest BCUT2D eigenvalue weighted by molar-refractivity contribution is 5.80. The van der Waals surface area contributed by atoms with E-state index >= 15 is 0 Å². The molecule has 1 aliphatic rings. The van der Waals surface area contributed by atoms with Crippen LogP contribution in [0.15, 0.2) is 16.8 Å². The van der Waals surface area contributed by atoms with E-state index < -0.39 is 0 Å². The molecular formula is C13H25NO. The molecule has 0 saturated carbocycles. The Bertz CT molecular complexity index is 209. The lowest BCUT2D eigenvalue weighted by molar-refractivity contribution is 0.0754. The Morgan fingerprint density at radius 2 is 1.73 bits per heavy atom. The quantitative estimate of drug-likeness (QED) is 0.636. The summed E-state index contributed by atoms with van der Waals surface area (Å²) in [6.07, 6.45) is 4.37. The molecule has 2 heteroatoms. The van der Waals surface area contributed by atoms with Crippen LogP contribution in [-0.4, -0.2) is 18.9 Å². The summed E-state index contributed by atoms with van der Waals surface area (Å²) in [5, 5.41) is 0. The first-order valence-corrected chi connectivity index (χ1v) is 6.00. The third-order valence-electron chi connectivity index (χ3n) is 2.29. The van der Waals surface area contributed by atoms with Crippen molar-refractivity contribution in [3.05, 3.63) is 11.8 Å². The molecule has 0 N–H and O–H groups in total. The molecule has 1 saturated heterocycles. The number of hydrogen-bond acceptors (Lipinski definition) is 2. The fourth-order valence-corrected chi connectivity index (χ4v) is 1.64. The summed E-state index contributed by atoms with van der Waals surface area (Å²) < 4.78 is 5.32. The van der Waals surface area contributed by atoms with E-state index in [-0.39, 0.29) is 0 Å². The minimum atomic E-state index is 0.619. The lowest BCUT2D eigenvalue weighted by atomic mass is 9.96. The smallest absolute Gasteiger partial charge is 0.0472 e. The van der Waals surface area contributed by atoms with Crippen LogP contribution < -0.4 is 0 Å². The summed E-state index contributed by atoms with van der Waals surface area (Å²) in [6.45, 7) is 11.9. The number of hydrogen-bond donors (Lipinski definition) is 0. The summed E-state index contributed by atoms with van der Waals surface area (Å²) in [4.78, 5) is 4.54. The summed E-state index contributed by atoms with van der Waals surface area (Å²) in [6, 6.07) is 0. The highest BCUT2D eigenvalue weighted by Gasteiger charge is 2.16. The second-order valence-electron chi connectivity index (χ2n) is 3.66. The van der Waals surface area contributed by atoms with Gasteiger partial charge < -0.3 is 4.74 Å². The Balaban J connectivity index is 0.000000921. The summed E-state index contributed by atoms with van der Waals surface area (Å²) >= 11 is 0. The summed E-state index contributed by atoms with van der Waals surface area (Å²) in [5.41, 5.74) is 2.38. The molecule has 0 aliphatic carbocycles. The molecule has 1 heterocycles. The van der Waals surface area contributed by atoms with Gasteiger partial charge >= 0.3 is 0 Å². The van der Waals surface area contributed by atoms with Crippen LogP contribution in [0.1, 0.15) is 47.5 Å². The monoisotopic (exact) mass is 211 g/mol. The molecule has 0 unspecified atom stereocenters. The molecule has 1 fully saturated rings. The van der Waals surface area contributed by atoms with Gasteiger partial charge in [-0.1, -0.05) is 19.9 Å². The Morgan fingerprint density at radius 1 is 1.20 bits per heavy atom. The molecule has 0 radical (unpaired) electrons. The molecule has 0 atom stereocenters. The van der Waals surface area contributed by atoms with Crippen LogP contribution in [0.4, 0.5) is 0 Å². The molecular weight excluding hydrogens is 186 g/mol. The van der Waals surface area contributed by atoms with Crippen LogP contribution in [0.5, 0.6) is 0 Å². The molecule has 1 aliphatic heterocycles. The van der Waals surface area contributed by atoms with Crippen molar-refractivity contribution in [3.63, 3.8) is 0 Å². The van der Waals surface area contributed by atoms with Crippen molar-refractivity contribution in [1.82, 2.24) is 0 Å². The van der Waals surface area contributed by atoms with Crippen LogP contribution >= 0.6 is 0 Å². The number of nitrogens with zero attached hydrogens (tertiary/aromatic N) is 1. The molecule has 0 aromatic carbocycles. The average molecular weight is 211 g/mol. The molecule has 88 valence electrons. The maximum atomic E-state index is 5.32. The van der Waals surface area contributed by atoms with E-state index in [1.165, 1.54) is 5.70 Å². The van der Waals surface area contributed by atoms with Gasteiger partial charge in [0.2, 0.25) is 0 Å². The van der Waals surface area contributed by atoms with Gasteiger partial charge in [-0.15, -0.1) is 0 Å². The minimum absolute atomic E-state index is 0.619. The number of aliphatic imine (C=N–C) groups is 1. The zero-order chi connectivity index (χ0) is 11.7. The highest BCUT2D eigenvalue weighted by atomic mass is 16.5. The fourth-order valence-electron chi connectivity index (χ4n) is 1.64. The molecule has 0 amide bonds. The van der Waals surface area contributed by atoms with E-state index in [0.717, 1.165) is 31.8 Å². The molecule has 1 rings (SSSR count). The zero-order valence-corrected chi connectivity index (χ0v) is 10.8. The van der Waals surface area contributed by atoms with Gasteiger partial charge in [-0.3, -0.25) is 4.99 Å². The van der Waals surface area contributed by atoms with Gasteiger partial charge in [0, 0.05) is 30.5 Å². The van der Waals surface area contributed by atoms with Gasteiger partial charge in [0.05, 0.1) is 0 Å². The largest absolute Gasteiger partial charge is 0.381 e. The van der Waals surface area contributed by atoms with Gasteiger partial charge in [-0.05, 0) is 33.6 Å². The van der Waals surface area contributed by atoms with Crippen molar-refractivity contribution in [1.29, 1.82) is 0 Å². The van der Waals surface area contributed by atoms with E-state index in [9.17, 15) is 0 Å². The van der Waals surface area contributed by atoms with Crippen molar-refractivity contribution in [2.75, 3.05) is 13.2 Å². The van der Waals surface area contributed by atoms with E-state index in [0.29, 0.717) is 5.92 Å². The second kappa shape index (κ2) is 8.66. The van der Waals surface area contributed by atoms with Crippen LogP contribution in [0.3, 0.4) is 0 Å². The van der Waals surface area contributed by atoms with Crippen molar-refractivity contribution >= 4 is 5.71 Å². The van der Waals surface area contributed by atoms with E-state index in [2.05, 4.69) is 18.0 Å². The number of rotatable bonds is 2. The minimum Gasteiger partial charge on any atom is -0.381 e. The first kappa shape index (κ1) is 14.4. The number of allylic oxidation sites excluding steroid dienone is 2. The molecule has 15 heavy (non-hydrogen) atoms. The van der Waals surface area contributed by atoms with Gasteiger partial charge in [-0.25, -0.2) is 0 Å². The van der Waals surface area contributed by atoms with Crippen molar-refractivity contribution < 1.29 is 4.74 Å². The third-order valence-corrected chi connectivity index (χ3v) is 2.29. The zero-order valence-electron chi connectivity index (χ0n) is 10.8. The molecule has 0 bridgehead atoms. The second-order valence-corrected chi connectivity index (χ2v) is 3.66. The average Bonchev–Trinajstić information content (AvgIpc) is 2.29. The number of ether oxygens (including phenoxy) is 1. The van der Waals surface area contributed by atoms with Crippen LogP contribution in [0.25, 0.3) is 0 Å². The van der Waals surface area contributed by atoms with Crippen LogP contribution in [0, 0.1) is 5.92 Å². The SMILES string of the molecule is C/C=C(\N=C(C)C)C1CCOCC1.CC. The standard InChI is InChI=1S/C11H19NO.C2H6/c1-4-11(12-9(2)3)10-5-7-13-8-6-10;1-2/h4,10H,5-8H2,1-3H3;1-2H3/b11-4-;. The van der Waals surface area contributed by atoms with Crippen LogP contribution in [-0.2, 0) is 4.74 Å². The predicted octanol–water partition coefficient (Wildman–Crippen LogP) is 3.82. The first-order chi connectivity index (χ1) is 7.24. The molecule has 2 nitrogen and oxygen atoms in total. The summed E-state index contributed by atoms with van der Waals surface area (Å²) in [5.74, 6) is 0.619. The van der Waals surface area contributed by atoms with E-state index in [1.807, 2.05) is 27.7 Å². The molecule has 0 aromatic heterocycles. The van der Waals surface area contributed by atoms with E-state index in [1.54, 1.807) is 0 Å². The van der Waals surface area contributed by atoms with E-state index in [4.69, 9.17) is 4.74 Å². The van der Waals surface area contributed by atoms with Crippen molar-refractivity contribution in [2.24, 2.45) is 10.9 Å². The first-order valence-electron chi connectivity index (χ1n) is 6.00. The molecule has 0 spiro atoms. The van der Waals surface area contributed by atoms with Gasteiger partial charge in [-0.2, -0.15) is 0 Å². The van der Waals surface area contributed by atoms with Crippen molar-refractivity contribution in [2.45, 2.75) is 47.5 Å². The Kier molecular flexibility index (Phi) is 8.30. The lowest BCUT2D eigenvalue weighted by Crippen LogP contribution is -2.17. The maximum absolute atomic E-state index is 5.32. The Hall–Kier alpha value is -0.630. The van der Waals surface area contributed by atoms with Gasteiger partial charge in [0.25, 0.3) is 0 Å². The van der Waals surface area contributed by atoms with Gasteiger partial charge in [0.15, 0.2) is 0 Å². The predicted molar refractivity (Wildman–Crippen MR) is 67.4 cm³/mol. The van der Waals surface area contributed by atoms with Crippen LogP contribution in [0.2, 0.25) is 0 Å². The normalized spacial score (nSPS) is 17.8. The third kappa shape index (κ3) is 5.73. The Labute approximate surface area is 94.4 Å². The summed E-state index contributed by atoms with van der Waals surface area (Å²) in [7, 11) is 0. The van der Waals surface area contributed by atoms with Crippen molar-refractivity contribution in [3.8, 4) is 0 Å². The lowest BCUT2D eigenvalue weighted by Gasteiger charge is -2.22.